The Morgan fingerprint density at radius 2 is 1.93 bits per heavy atom. The highest BCUT2D eigenvalue weighted by Gasteiger charge is 2.15. The van der Waals surface area contributed by atoms with Crippen LogP contribution in [-0.4, -0.2) is 25.0 Å². The number of hydrogen-bond donors (Lipinski definition) is 1. The average Bonchev–Trinajstić information content (AvgIpc) is 2.68. The Kier molecular flexibility index (Phi) is 5.84. The fraction of sp³-hybridized carbons (Fsp3) is 0.190. The first-order valence-electron chi connectivity index (χ1n) is 8.66. The molecule has 3 rings (SSSR count). The molecule has 0 saturated heterocycles. The van der Waals surface area contributed by atoms with E-state index in [1.807, 2.05) is 6.92 Å². The number of halogens is 1. The third-order valence-electron chi connectivity index (χ3n) is 4.09. The van der Waals surface area contributed by atoms with Crippen molar-refractivity contribution in [1.82, 2.24) is 5.32 Å². The smallest absolute Gasteiger partial charge is 0.374 e. The zero-order valence-electron chi connectivity index (χ0n) is 15.2. The summed E-state index contributed by atoms with van der Waals surface area (Å²) in [6.45, 7) is 1.50. The maximum absolute atomic E-state index is 13.5. The van der Waals surface area contributed by atoms with E-state index in [2.05, 4.69) is 5.32 Å². The van der Waals surface area contributed by atoms with E-state index in [-0.39, 0.29) is 29.1 Å². The minimum absolute atomic E-state index is 0.196. The summed E-state index contributed by atoms with van der Waals surface area (Å²) in [5, 5.41) is 2.90. The average molecular weight is 383 g/mol. The number of carbonyl (C=O) groups is 2. The number of esters is 1. The number of nitrogens with one attached hydrogen (secondary N) is 1. The molecule has 0 aliphatic carbocycles. The van der Waals surface area contributed by atoms with Gasteiger partial charge in [0, 0.05) is 12.6 Å². The molecule has 0 radical (unpaired) electrons. The highest BCUT2D eigenvalue weighted by atomic mass is 19.1. The van der Waals surface area contributed by atoms with E-state index in [4.69, 9.17) is 9.15 Å². The molecule has 0 unspecified atom stereocenters. The van der Waals surface area contributed by atoms with Gasteiger partial charge in [-0.3, -0.25) is 9.59 Å². The predicted octanol–water partition coefficient (Wildman–Crippen LogP) is 2.76. The van der Waals surface area contributed by atoms with Gasteiger partial charge < -0.3 is 14.5 Å². The first kappa shape index (κ1) is 19.3. The zero-order valence-corrected chi connectivity index (χ0v) is 15.2. The lowest BCUT2D eigenvalue weighted by atomic mass is 10.1. The molecule has 0 aliphatic heterocycles. The number of ether oxygens (including phenoxy) is 1. The van der Waals surface area contributed by atoms with Crippen LogP contribution in [-0.2, 0) is 16.0 Å². The minimum atomic E-state index is -0.913. The third-order valence-corrected chi connectivity index (χ3v) is 4.09. The van der Waals surface area contributed by atoms with Crippen molar-refractivity contribution in [3.8, 4) is 0 Å². The van der Waals surface area contributed by atoms with E-state index in [1.165, 1.54) is 6.07 Å². The van der Waals surface area contributed by atoms with E-state index in [9.17, 15) is 18.8 Å². The molecule has 0 aliphatic rings. The molecule has 1 aromatic heterocycles. The number of rotatable bonds is 6. The van der Waals surface area contributed by atoms with Crippen LogP contribution >= 0.6 is 0 Å². The van der Waals surface area contributed by atoms with Crippen LogP contribution in [0, 0.1) is 12.7 Å². The van der Waals surface area contributed by atoms with Gasteiger partial charge in [-0.05, 0) is 37.1 Å². The summed E-state index contributed by atoms with van der Waals surface area (Å²) in [6.07, 6.45) is 0.311. The van der Waals surface area contributed by atoms with Gasteiger partial charge in [-0.2, -0.15) is 0 Å². The van der Waals surface area contributed by atoms with Gasteiger partial charge in [-0.25, -0.2) is 9.18 Å². The van der Waals surface area contributed by atoms with Gasteiger partial charge >= 0.3 is 5.97 Å². The first-order valence-corrected chi connectivity index (χ1v) is 8.66. The van der Waals surface area contributed by atoms with Crippen molar-refractivity contribution < 1.29 is 23.1 Å². The van der Waals surface area contributed by atoms with Crippen molar-refractivity contribution in [1.29, 1.82) is 0 Å². The van der Waals surface area contributed by atoms with Crippen LogP contribution in [0.4, 0.5) is 4.39 Å². The summed E-state index contributed by atoms with van der Waals surface area (Å²) in [4.78, 5) is 36.0. The molecule has 1 heterocycles. The van der Waals surface area contributed by atoms with Crippen molar-refractivity contribution in [3.63, 3.8) is 0 Å². The summed E-state index contributed by atoms with van der Waals surface area (Å²) in [5.74, 6) is -2.07. The van der Waals surface area contributed by atoms with Gasteiger partial charge in [0.05, 0.1) is 5.39 Å². The molecule has 28 heavy (non-hydrogen) atoms. The minimum Gasteiger partial charge on any atom is -0.450 e. The Morgan fingerprint density at radius 3 is 2.71 bits per heavy atom. The fourth-order valence-corrected chi connectivity index (χ4v) is 2.66. The monoisotopic (exact) mass is 383 g/mol. The van der Waals surface area contributed by atoms with Crippen LogP contribution in [0.5, 0.6) is 0 Å². The van der Waals surface area contributed by atoms with Crippen molar-refractivity contribution in [2.45, 2.75) is 13.3 Å². The van der Waals surface area contributed by atoms with Gasteiger partial charge in [0.25, 0.3) is 5.91 Å². The van der Waals surface area contributed by atoms with E-state index >= 15 is 0 Å². The maximum atomic E-state index is 13.5. The summed E-state index contributed by atoms with van der Waals surface area (Å²) in [7, 11) is 0. The largest absolute Gasteiger partial charge is 0.450 e. The second kappa shape index (κ2) is 8.47. The van der Waals surface area contributed by atoms with Crippen LogP contribution in [0.3, 0.4) is 0 Å². The number of aryl methyl sites for hydroxylation is 1. The first-order chi connectivity index (χ1) is 13.4. The maximum Gasteiger partial charge on any atom is 0.374 e. The molecule has 0 fully saturated rings. The van der Waals surface area contributed by atoms with Crippen LogP contribution in [0.25, 0.3) is 11.0 Å². The lowest BCUT2D eigenvalue weighted by molar-refractivity contribution is -0.124. The Morgan fingerprint density at radius 1 is 1.14 bits per heavy atom. The lowest BCUT2D eigenvalue weighted by Crippen LogP contribution is -2.30. The molecule has 0 saturated carbocycles. The van der Waals surface area contributed by atoms with Crippen LogP contribution in [0.15, 0.2) is 57.7 Å². The van der Waals surface area contributed by atoms with E-state index in [1.54, 1.807) is 36.4 Å². The van der Waals surface area contributed by atoms with Crippen LogP contribution < -0.4 is 10.7 Å². The number of hydrogen-bond acceptors (Lipinski definition) is 5. The SMILES string of the molecule is Cc1ccc2oc(C(=O)OCC(=O)NCCc3ccccc3F)cc(=O)c2c1. The molecule has 1 N–H and O–H groups in total. The van der Waals surface area contributed by atoms with Crippen molar-refractivity contribution in [2.75, 3.05) is 13.2 Å². The van der Waals surface area contributed by atoms with Crippen molar-refractivity contribution in [2.24, 2.45) is 0 Å². The molecule has 144 valence electrons. The third kappa shape index (κ3) is 4.62. The number of fused-ring (bicyclic) bond motifs is 1. The molecular formula is C21H18FNO5. The Hall–Kier alpha value is -3.48. The van der Waals surface area contributed by atoms with Crippen LogP contribution in [0.2, 0.25) is 0 Å². The molecule has 3 aromatic rings. The molecule has 7 heteroatoms. The predicted molar refractivity (Wildman–Crippen MR) is 101 cm³/mol. The molecule has 6 nitrogen and oxygen atoms in total. The van der Waals surface area contributed by atoms with Gasteiger partial charge in [-0.1, -0.05) is 29.8 Å². The molecule has 0 spiro atoms. The topological polar surface area (TPSA) is 85.6 Å². The van der Waals surface area contributed by atoms with Gasteiger partial charge in [-0.15, -0.1) is 0 Å². The quantitative estimate of drug-likeness (QED) is 0.662. The molecular weight excluding hydrogens is 365 g/mol. The second-order valence-electron chi connectivity index (χ2n) is 6.24. The van der Waals surface area contributed by atoms with Gasteiger partial charge in [0.15, 0.2) is 12.0 Å². The summed E-state index contributed by atoms with van der Waals surface area (Å²) in [5.41, 5.74) is 1.26. The van der Waals surface area contributed by atoms with E-state index in [0.717, 1.165) is 11.6 Å². The van der Waals surface area contributed by atoms with Crippen LogP contribution in [0.1, 0.15) is 21.7 Å². The highest BCUT2D eigenvalue weighted by Crippen LogP contribution is 2.14. The lowest BCUT2D eigenvalue weighted by Gasteiger charge is -2.07. The Labute approximate surface area is 159 Å². The highest BCUT2D eigenvalue weighted by molar-refractivity contribution is 5.90. The van der Waals surface area contributed by atoms with E-state index in [0.29, 0.717) is 17.4 Å². The molecule has 1 amide bonds. The van der Waals surface area contributed by atoms with E-state index < -0.39 is 18.5 Å². The Bertz CT molecular complexity index is 1090. The molecule has 0 bridgehead atoms. The second-order valence-corrected chi connectivity index (χ2v) is 6.24. The number of amides is 1. The molecule has 0 atom stereocenters. The fourth-order valence-electron chi connectivity index (χ4n) is 2.66. The summed E-state index contributed by atoms with van der Waals surface area (Å²) >= 11 is 0. The standard InChI is InChI=1S/C21H18FNO5/c1-13-6-7-18-15(10-13)17(24)11-19(28-18)21(26)27-12-20(25)23-9-8-14-4-2-3-5-16(14)22/h2-7,10-11H,8-9,12H2,1H3,(H,23,25). The summed E-state index contributed by atoms with van der Waals surface area (Å²) < 4.78 is 23.8. The number of carbonyl (C=O) groups excluding carboxylic acids is 2. The molecule has 2 aromatic carbocycles. The Balaban J connectivity index is 1.54. The van der Waals surface area contributed by atoms with Crippen molar-refractivity contribution in [3.05, 3.63) is 81.5 Å². The zero-order chi connectivity index (χ0) is 20.1. The number of benzene rings is 2. The summed E-state index contributed by atoms with van der Waals surface area (Å²) in [6, 6.07) is 12.3. The van der Waals surface area contributed by atoms with Gasteiger partial charge in [0.1, 0.15) is 11.4 Å². The van der Waals surface area contributed by atoms with Gasteiger partial charge in [0.2, 0.25) is 5.76 Å². The van der Waals surface area contributed by atoms with Crippen molar-refractivity contribution >= 4 is 22.8 Å². The normalized spacial score (nSPS) is 10.6.